The first kappa shape index (κ1) is 26.0. The van der Waals surface area contributed by atoms with E-state index in [1.54, 1.807) is 0 Å². The molecule has 1 nitrogen and oxygen atoms in total. The van der Waals surface area contributed by atoms with Crippen LogP contribution >= 0.6 is 8.58 Å². The average molecular weight is 382 g/mol. The molecule has 0 radical (unpaired) electrons. The summed E-state index contributed by atoms with van der Waals surface area (Å²) in [4.78, 5) is 2.27. The van der Waals surface area contributed by atoms with Crippen LogP contribution in [0.2, 0.25) is 0 Å². The summed E-state index contributed by atoms with van der Waals surface area (Å²) in [5.41, 5.74) is 1.33. The lowest BCUT2D eigenvalue weighted by molar-refractivity contribution is 0.227. The number of hydrogen-bond donors (Lipinski definition) is 0. The van der Waals surface area contributed by atoms with Gasteiger partial charge in [0.05, 0.1) is 0 Å². The van der Waals surface area contributed by atoms with Gasteiger partial charge in [-0.2, -0.15) is 0 Å². The van der Waals surface area contributed by atoms with Crippen molar-refractivity contribution in [3.8, 4) is 11.8 Å². The molecule has 0 saturated heterocycles. The van der Waals surface area contributed by atoms with Crippen LogP contribution in [0.15, 0.2) is 0 Å². The molecular formula is C24H48NP. The predicted octanol–water partition coefficient (Wildman–Crippen LogP) is 6.91. The fourth-order valence-corrected chi connectivity index (χ4v) is 4.74. The molecule has 0 spiro atoms. The summed E-state index contributed by atoms with van der Waals surface area (Å²) in [6.07, 6.45) is 7.71. The molecule has 2 unspecified atom stereocenters. The van der Waals surface area contributed by atoms with Gasteiger partial charge in [0.25, 0.3) is 0 Å². The van der Waals surface area contributed by atoms with Gasteiger partial charge in [-0.15, -0.1) is 14.5 Å². The van der Waals surface area contributed by atoms with Crippen LogP contribution in [-0.4, -0.2) is 37.4 Å². The maximum Gasteiger partial charge on any atom is 0.0327 e. The zero-order chi connectivity index (χ0) is 20.3. The van der Waals surface area contributed by atoms with Gasteiger partial charge in [-0.3, -0.25) is 0 Å². The molecule has 154 valence electrons. The lowest BCUT2D eigenvalue weighted by atomic mass is 9.76. The van der Waals surface area contributed by atoms with Crippen LogP contribution < -0.4 is 0 Å². The molecule has 0 aliphatic heterocycles. The second-order valence-electron chi connectivity index (χ2n) is 9.45. The molecule has 0 N–H and O–H groups in total. The van der Waals surface area contributed by atoms with Crippen molar-refractivity contribution in [2.75, 3.05) is 20.8 Å². The normalized spacial score (nSPS) is 17.4. The Morgan fingerprint density at radius 1 is 1.00 bits per heavy atom. The minimum Gasteiger partial charge on any atom is -0.306 e. The molecule has 0 bridgehead atoms. The van der Waals surface area contributed by atoms with E-state index in [9.17, 15) is 0 Å². The van der Waals surface area contributed by atoms with Gasteiger partial charge in [0, 0.05) is 18.4 Å². The first-order valence-electron chi connectivity index (χ1n) is 10.9. The van der Waals surface area contributed by atoms with E-state index in [-0.39, 0.29) is 0 Å². The van der Waals surface area contributed by atoms with Crippen LogP contribution in [0.4, 0.5) is 0 Å². The molecule has 5 atom stereocenters. The second-order valence-corrected chi connectivity index (χ2v) is 11.0. The summed E-state index contributed by atoms with van der Waals surface area (Å²) in [7, 11) is 5.36. The molecule has 26 heavy (non-hydrogen) atoms. The van der Waals surface area contributed by atoms with Crippen molar-refractivity contribution in [3.05, 3.63) is 0 Å². The quantitative estimate of drug-likeness (QED) is 0.262. The van der Waals surface area contributed by atoms with E-state index in [4.69, 9.17) is 0 Å². The Labute approximate surface area is 168 Å². The minimum absolute atomic E-state index is 0.440. The van der Waals surface area contributed by atoms with Gasteiger partial charge >= 0.3 is 0 Å². The van der Waals surface area contributed by atoms with Gasteiger partial charge in [0.1, 0.15) is 0 Å². The SMILES string of the molecule is CCC(CC)[C@H](CC#C[C@H](C)[C@@H](C)N(C)C)CCC(C)(C)CC(C)PC. The highest BCUT2D eigenvalue weighted by atomic mass is 31.1. The smallest absolute Gasteiger partial charge is 0.0327 e. The average Bonchev–Trinajstić information content (AvgIpc) is 2.58. The zero-order valence-electron chi connectivity index (χ0n) is 19.6. The molecule has 0 aromatic carbocycles. The first-order chi connectivity index (χ1) is 12.1. The molecule has 0 amide bonds. The lowest BCUT2D eigenvalue weighted by Crippen LogP contribution is -2.30. The molecule has 0 heterocycles. The highest BCUT2D eigenvalue weighted by Crippen LogP contribution is 2.37. The Balaban J connectivity index is 4.89. The third-order valence-corrected chi connectivity index (χ3v) is 7.68. The molecule has 0 aromatic heterocycles. The Kier molecular flexibility index (Phi) is 13.2. The Morgan fingerprint density at radius 3 is 2.04 bits per heavy atom. The highest BCUT2D eigenvalue weighted by Gasteiger charge is 2.25. The van der Waals surface area contributed by atoms with E-state index in [1.165, 1.54) is 32.1 Å². The van der Waals surface area contributed by atoms with Gasteiger partial charge in [-0.25, -0.2) is 0 Å². The van der Waals surface area contributed by atoms with Crippen LogP contribution in [0.1, 0.15) is 87.0 Å². The summed E-state index contributed by atoms with van der Waals surface area (Å²) in [6.45, 7) is 19.0. The summed E-state index contributed by atoms with van der Waals surface area (Å²) in [5, 5.41) is 0. The Hall–Kier alpha value is -0.0500. The van der Waals surface area contributed by atoms with Gasteiger partial charge in [-0.05, 0) is 76.8 Å². The maximum atomic E-state index is 3.58. The van der Waals surface area contributed by atoms with Crippen molar-refractivity contribution in [2.45, 2.75) is 98.7 Å². The van der Waals surface area contributed by atoms with E-state index in [1.807, 2.05) is 0 Å². The molecule has 0 rings (SSSR count). The number of rotatable bonds is 12. The van der Waals surface area contributed by atoms with Gasteiger partial charge in [0.2, 0.25) is 0 Å². The Bertz CT molecular complexity index is 414. The summed E-state index contributed by atoms with van der Waals surface area (Å²) in [5.74, 6) is 9.16. The summed E-state index contributed by atoms with van der Waals surface area (Å²) < 4.78 is 0. The van der Waals surface area contributed by atoms with Crippen molar-refractivity contribution >= 4 is 8.58 Å². The Morgan fingerprint density at radius 2 is 1.58 bits per heavy atom. The first-order valence-corrected chi connectivity index (χ1v) is 12.5. The lowest BCUT2D eigenvalue weighted by Gasteiger charge is -2.31. The van der Waals surface area contributed by atoms with Crippen molar-refractivity contribution in [3.63, 3.8) is 0 Å². The molecule has 2 heteroatoms. The predicted molar refractivity (Wildman–Crippen MR) is 124 cm³/mol. The van der Waals surface area contributed by atoms with Gasteiger partial charge < -0.3 is 4.90 Å². The molecule has 0 saturated carbocycles. The fraction of sp³-hybridized carbons (Fsp3) is 0.917. The number of nitrogens with zero attached hydrogens (tertiary/aromatic N) is 1. The van der Waals surface area contributed by atoms with E-state index >= 15 is 0 Å². The second kappa shape index (κ2) is 13.2. The van der Waals surface area contributed by atoms with Crippen LogP contribution in [0, 0.1) is 35.0 Å². The monoisotopic (exact) mass is 381 g/mol. The maximum absolute atomic E-state index is 3.58. The number of hydrogen-bond acceptors (Lipinski definition) is 1. The van der Waals surface area contributed by atoms with E-state index in [0.29, 0.717) is 17.4 Å². The van der Waals surface area contributed by atoms with E-state index in [0.717, 1.165) is 32.5 Å². The van der Waals surface area contributed by atoms with Crippen LogP contribution in [0.5, 0.6) is 0 Å². The van der Waals surface area contributed by atoms with E-state index < -0.39 is 0 Å². The molecule has 0 aliphatic rings. The van der Waals surface area contributed by atoms with Crippen LogP contribution in [0.3, 0.4) is 0 Å². The van der Waals surface area contributed by atoms with Crippen molar-refractivity contribution < 1.29 is 0 Å². The fourth-order valence-electron chi connectivity index (χ4n) is 3.99. The molecule has 0 aromatic rings. The van der Waals surface area contributed by atoms with Gasteiger partial charge in [0.15, 0.2) is 0 Å². The van der Waals surface area contributed by atoms with E-state index in [2.05, 4.69) is 86.0 Å². The molecule has 0 fully saturated rings. The summed E-state index contributed by atoms with van der Waals surface area (Å²) >= 11 is 0. The largest absolute Gasteiger partial charge is 0.306 e. The van der Waals surface area contributed by atoms with Crippen molar-refractivity contribution in [1.82, 2.24) is 4.90 Å². The molecule has 0 aliphatic carbocycles. The minimum atomic E-state index is 0.440. The summed E-state index contributed by atoms with van der Waals surface area (Å²) in [6, 6.07) is 0.518. The van der Waals surface area contributed by atoms with Crippen LogP contribution in [-0.2, 0) is 0 Å². The highest BCUT2D eigenvalue weighted by molar-refractivity contribution is 7.37. The third-order valence-electron chi connectivity index (χ3n) is 6.49. The van der Waals surface area contributed by atoms with Crippen molar-refractivity contribution in [1.29, 1.82) is 0 Å². The topological polar surface area (TPSA) is 3.24 Å². The standard InChI is InChI=1S/C24H48NP/c1-11-22(12-2)23(15-13-14-19(3)21(5)25(8)9)16-17-24(6,7)18-20(4)26-10/h19-23,26H,11-12,15-18H2,1-10H3/t19-,20?,21+,23+/m0/s1. The third kappa shape index (κ3) is 10.3. The van der Waals surface area contributed by atoms with Crippen LogP contribution in [0.25, 0.3) is 0 Å². The molecular weight excluding hydrogens is 333 g/mol. The van der Waals surface area contributed by atoms with Gasteiger partial charge in [-0.1, -0.05) is 53.4 Å². The van der Waals surface area contributed by atoms with Crippen molar-refractivity contribution in [2.24, 2.45) is 23.2 Å². The zero-order valence-corrected chi connectivity index (χ0v) is 20.6.